The molecular weight excluding hydrogens is 212 g/mol. The lowest BCUT2D eigenvalue weighted by Crippen LogP contribution is -2.47. The molecule has 2 unspecified atom stereocenters. The first-order chi connectivity index (χ1) is 7.96. The lowest BCUT2D eigenvalue weighted by atomic mass is 9.66. The van der Waals surface area contributed by atoms with Crippen molar-refractivity contribution in [1.29, 1.82) is 0 Å². The van der Waals surface area contributed by atoms with Gasteiger partial charge in [0.1, 0.15) is 0 Å². The average molecular weight is 238 g/mol. The van der Waals surface area contributed by atoms with Crippen LogP contribution in [0, 0.1) is 5.41 Å². The van der Waals surface area contributed by atoms with E-state index in [-0.39, 0.29) is 11.7 Å². The van der Waals surface area contributed by atoms with Crippen molar-refractivity contribution < 1.29 is 4.79 Å². The number of rotatable bonds is 4. The smallest absolute Gasteiger partial charge is 0.243 e. The molecule has 1 N–H and O–H groups in total. The van der Waals surface area contributed by atoms with E-state index in [0.29, 0.717) is 11.3 Å². The fourth-order valence-electron chi connectivity index (χ4n) is 3.22. The highest BCUT2D eigenvalue weighted by Gasteiger charge is 2.48. The van der Waals surface area contributed by atoms with Crippen LogP contribution in [-0.4, -0.2) is 29.1 Å². The monoisotopic (exact) mass is 238 g/mol. The summed E-state index contributed by atoms with van der Waals surface area (Å²) in [6.07, 6.45) is 6.18. The molecule has 3 heteroatoms. The third-order valence-electron chi connectivity index (χ3n) is 5.10. The minimum Gasteiger partial charge on any atom is -0.325 e. The van der Waals surface area contributed by atoms with Crippen LogP contribution in [0.3, 0.4) is 0 Å². The summed E-state index contributed by atoms with van der Waals surface area (Å²) in [5, 5.41) is 3.45. The third-order valence-corrected chi connectivity index (χ3v) is 5.10. The van der Waals surface area contributed by atoms with E-state index in [1.54, 1.807) is 0 Å². The summed E-state index contributed by atoms with van der Waals surface area (Å²) in [5.74, 6) is 0.298. The fraction of sp³-hybridized carbons (Fsp3) is 0.929. The van der Waals surface area contributed by atoms with Crippen LogP contribution in [0.15, 0.2) is 0 Å². The van der Waals surface area contributed by atoms with E-state index in [0.717, 1.165) is 13.0 Å². The first-order valence-electron chi connectivity index (χ1n) is 7.05. The van der Waals surface area contributed by atoms with Crippen LogP contribution in [0.25, 0.3) is 0 Å². The van der Waals surface area contributed by atoms with Gasteiger partial charge in [0.2, 0.25) is 5.91 Å². The molecule has 0 spiro atoms. The van der Waals surface area contributed by atoms with Crippen molar-refractivity contribution in [3.8, 4) is 0 Å². The van der Waals surface area contributed by atoms with Crippen LogP contribution >= 0.6 is 0 Å². The molecule has 0 bridgehead atoms. The van der Waals surface area contributed by atoms with Gasteiger partial charge in [-0.25, -0.2) is 0 Å². The molecule has 1 saturated carbocycles. The Balaban J connectivity index is 2.09. The second kappa shape index (κ2) is 4.27. The maximum atomic E-state index is 12.5. The van der Waals surface area contributed by atoms with E-state index in [2.05, 4.69) is 31.0 Å². The molecule has 1 heterocycles. The van der Waals surface area contributed by atoms with Gasteiger partial charge in [-0.2, -0.15) is 0 Å². The Morgan fingerprint density at radius 1 is 1.35 bits per heavy atom. The Kier molecular flexibility index (Phi) is 3.23. The van der Waals surface area contributed by atoms with E-state index in [4.69, 9.17) is 0 Å². The first kappa shape index (κ1) is 12.9. The van der Waals surface area contributed by atoms with Gasteiger partial charge in [-0.3, -0.25) is 10.1 Å². The zero-order chi connectivity index (χ0) is 12.7. The summed E-state index contributed by atoms with van der Waals surface area (Å²) < 4.78 is 0. The van der Waals surface area contributed by atoms with Crippen molar-refractivity contribution >= 4 is 5.91 Å². The SMILES string of the molecule is CCC1(CN2C(=O)C(C)(CC)NC2C)CCC1. The molecule has 98 valence electrons. The molecule has 17 heavy (non-hydrogen) atoms. The Hall–Kier alpha value is -0.570. The summed E-state index contributed by atoms with van der Waals surface area (Å²) in [5.41, 5.74) is 0.0860. The molecule has 0 radical (unpaired) electrons. The van der Waals surface area contributed by atoms with Gasteiger partial charge in [0.15, 0.2) is 0 Å². The average Bonchev–Trinajstić information content (AvgIpc) is 2.47. The zero-order valence-electron chi connectivity index (χ0n) is 11.7. The van der Waals surface area contributed by atoms with Crippen molar-refractivity contribution in [1.82, 2.24) is 10.2 Å². The number of nitrogens with zero attached hydrogens (tertiary/aromatic N) is 1. The van der Waals surface area contributed by atoms with E-state index in [1.165, 1.54) is 25.7 Å². The van der Waals surface area contributed by atoms with Crippen LogP contribution in [0.2, 0.25) is 0 Å². The van der Waals surface area contributed by atoms with Crippen molar-refractivity contribution in [3.63, 3.8) is 0 Å². The van der Waals surface area contributed by atoms with Gasteiger partial charge < -0.3 is 4.90 Å². The molecular formula is C14H26N2O. The topological polar surface area (TPSA) is 32.3 Å². The summed E-state index contributed by atoms with van der Waals surface area (Å²) in [4.78, 5) is 14.5. The van der Waals surface area contributed by atoms with E-state index in [9.17, 15) is 4.79 Å². The predicted octanol–water partition coefficient (Wildman–Crippen LogP) is 2.51. The van der Waals surface area contributed by atoms with Crippen molar-refractivity contribution in [2.75, 3.05) is 6.54 Å². The molecule has 0 aromatic carbocycles. The highest BCUT2D eigenvalue weighted by Crippen LogP contribution is 2.45. The number of amides is 1. The molecule has 1 aliphatic heterocycles. The molecule has 0 aromatic heterocycles. The second-order valence-electron chi connectivity index (χ2n) is 6.15. The fourth-order valence-corrected chi connectivity index (χ4v) is 3.22. The number of nitrogens with one attached hydrogen (secondary N) is 1. The standard InChI is InChI=1S/C14H26N2O/c1-5-13(4)12(17)16(11(3)15-13)10-14(6-2)8-7-9-14/h11,15H,5-10H2,1-4H3. The van der Waals surface area contributed by atoms with Gasteiger partial charge in [-0.15, -0.1) is 0 Å². The second-order valence-corrected chi connectivity index (χ2v) is 6.15. The predicted molar refractivity (Wildman–Crippen MR) is 69.6 cm³/mol. The summed E-state index contributed by atoms with van der Waals surface area (Å²) in [6.45, 7) is 9.44. The van der Waals surface area contributed by atoms with Crippen LogP contribution in [0.5, 0.6) is 0 Å². The van der Waals surface area contributed by atoms with Gasteiger partial charge in [-0.05, 0) is 44.9 Å². The van der Waals surface area contributed by atoms with Crippen LogP contribution < -0.4 is 5.32 Å². The largest absolute Gasteiger partial charge is 0.325 e. The molecule has 1 amide bonds. The van der Waals surface area contributed by atoms with E-state index in [1.807, 2.05) is 6.92 Å². The molecule has 2 rings (SSSR count). The molecule has 2 fully saturated rings. The minimum absolute atomic E-state index is 0.191. The van der Waals surface area contributed by atoms with Crippen LogP contribution in [0.4, 0.5) is 0 Å². The van der Waals surface area contributed by atoms with Gasteiger partial charge >= 0.3 is 0 Å². The van der Waals surface area contributed by atoms with Crippen molar-refractivity contribution in [3.05, 3.63) is 0 Å². The van der Waals surface area contributed by atoms with Crippen molar-refractivity contribution in [2.24, 2.45) is 5.41 Å². The molecule has 2 aliphatic rings. The van der Waals surface area contributed by atoms with Gasteiger partial charge in [-0.1, -0.05) is 20.3 Å². The zero-order valence-corrected chi connectivity index (χ0v) is 11.7. The quantitative estimate of drug-likeness (QED) is 0.816. The van der Waals surface area contributed by atoms with E-state index < -0.39 is 0 Å². The van der Waals surface area contributed by atoms with Crippen LogP contribution in [-0.2, 0) is 4.79 Å². The normalized spacial score (nSPS) is 36.1. The Bertz CT molecular complexity index is 306. The number of hydrogen-bond donors (Lipinski definition) is 1. The Morgan fingerprint density at radius 2 is 2.00 bits per heavy atom. The molecule has 2 atom stereocenters. The van der Waals surface area contributed by atoms with Gasteiger partial charge in [0.25, 0.3) is 0 Å². The lowest BCUT2D eigenvalue weighted by Gasteiger charge is -2.44. The molecule has 0 aromatic rings. The van der Waals surface area contributed by atoms with Crippen molar-refractivity contribution in [2.45, 2.75) is 71.5 Å². The molecule has 3 nitrogen and oxygen atoms in total. The first-order valence-corrected chi connectivity index (χ1v) is 7.05. The highest BCUT2D eigenvalue weighted by molar-refractivity contribution is 5.88. The maximum absolute atomic E-state index is 12.5. The highest BCUT2D eigenvalue weighted by atomic mass is 16.2. The number of hydrogen-bond acceptors (Lipinski definition) is 2. The summed E-state index contributed by atoms with van der Waals surface area (Å²) >= 11 is 0. The van der Waals surface area contributed by atoms with E-state index >= 15 is 0 Å². The number of carbonyl (C=O) groups excluding carboxylic acids is 1. The number of carbonyl (C=O) groups is 1. The molecule has 1 aliphatic carbocycles. The maximum Gasteiger partial charge on any atom is 0.243 e. The summed E-state index contributed by atoms with van der Waals surface area (Å²) in [6, 6.07) is 0. The minimum atomic E-state index is -0.335. The summed E-state index contributed by atoms with van der Waals surface area (Å²) in [7, 11) is 0. The Morgan fingerprint density at radius 3 is 2.35 bits per heavy atom. The Labute approximate surface area is 105 Å². The van der Waals surface area contributed by atoms with Gasteiger partial charge in [0.05, 0.1) is 11.7 Å². The lowest BCUT2D eigenvalue weighted by molar-refractivity contribution is -0.135. The third kappa shape index (κ3) is 1.99. The van der Waals surface area contributed by atoms with Gasteiger partial charge in [0, 0.05) is 6.54 Å². The molecule has 1 saturated heterocycles. The van der Waals surface area contributed by atoms with Crippen LogP contribution in [0.1, 0.15) is 59.8 Å².